The molecular formula is C23H29ClN4O3. The molecule has 0 aliphatic carbocycles. The summed E-state index contributed by atoms with van der Waals surface area (Å²) in [6, 6.07) is 14.2. The van der Waals surface area contributed by atoms with E-state index in [1.165, 1.54) is 0 Å². The Balaban J connectivity index is 1.39. The Hall–Kier alpha value is -2.77. The lowest BCUT2D eigenvalue weighted by Crippen LogP contribution is -2.39. The average molecular weight is 445 g/mol. The number of hydrogen-bond acceptors (Lipinski definition) is 4. The SMILES string of the molecule is NC(=O)C1CCN(CCCCNC(=O)Nc2cc(Cl)ccc2Oc2ccccc2)CC1. The molecule has 166 valence electrons. The van der Waals surface area contributed by atoms with Gasteiger partial charge in [-0.05, 0) is 75.6 Å². The van der Waals surface area contributed by atoms with Crippen molar-refractivity contribution in [3.8, 4) is 11.5 Å². The van der Waals surface area contributed by atoms with Crippen molar-refractivity contribution in [2.45, 2.75) is 25.7 Å². The molecule has 7 nitrogen and oxygen atoms in total. The number of ether oxygens (including phenoxy) is 1. The summed E-state index contributed by atoms with van der Waals surface area (Å²) >= 11 is 6.09. The number of anilines is 1. The van der Waals surface area contributed by atoms with E-state index in [2.05, 4.69) is 15.5 Å². The summed E-state index contributed by atoms with van der Waals surface area (Å²) in [5.74, 6) is 1.02. The van der Waals surface area contributed by atoms with Gasteiger partial charge in [-0.3, -0.25) is 4.79 Å². The predicted molar refractivity (Wildman–Crippen MR) is 123 cm³/mol. The first-order valence-electron chi connectivity index (χ1n) is 10.6. The van der Waals surface area contributed by atoms with Gasteiger partial charge in [0.25, 0.3) is 0 Å². The van der Waals surface area contributed by atoms with Gasteiger partial charge in [-0.2, -0.15) is 0 Å². The number of para-hydroxylation sites is 1. The third-order valence-electron chi connectivity index (χ3n) is 5.34. The van der Waals surface area contributed by atoms with Gasteiger partial charge in [0.05, 0.1) is 5.69 Å². The van der Waals surface area contributed by atoms with E-state index in [1.54, 1.807) is 18.2 Å². The van der Waals surface area contributed by atoms with Gasteiger partial charge in [-0.25, -0.2) is 4.79 Å². The first kappa shape index (κ1) is 22.9. The maximum absolute atomic E-state index is 12.3. The third kappa shape index (κ3) is 7.45. The summed E-state index contributed by atoms with van der Waals surface area (Å²) < 4.78 is 5.86. The number of nitrogens with zero attached hydrogens (tertiary/aromatic N) is 1. The van der Waals surface area contributed by atoms with Crippen molar-refractivity contribution in [3.63, 3.8) is 0 Å². The molecule has 0 aromatic heterocycles. The molecule has 0 bridgehead atoms. The van der Waals surface area contributed by atoms with E-state index in [-0.39, 0.29) is 17.9 Å². The maximum Gasteiger partial charge on any atom is 0.319 e. The van der Waals surface area contributed by atoms with Crippen LogP contribution >= 0.6 is 11.6 Å². The highest BCUT2D eigenvalue weighted by Gasteiger charge is 2.22. The van der Waals surface area contributed by atoms with Crippen molar-refractivity contribution in [2.75, 3.05) is 31.5 Å². The van der Waals surface area contributed by atoms with Crippen molar-refractivity contribution in [2.24, 2.45) is 11.7 Å². The number of benzene rings is 2. The van der Waals surface area contributed by atoms with Gasteiger partial charge in [-0.1, -0.05) is 29.8 Å². The number of halogens is 1. The van der Waals surface area contributed by atoms with Gasteiger partial charge in [0.2, 0.25) is 5.91 Å². The highest BCUT2D eigenvalue weighted by atomic mass is 35.5. The van der Waals surface area contributed by atoms with Crippen LogP contribution < -0.4 is 21.1 Å². The summed E-state index contributed by atoms with van der Waals surface area (Å²) in [5.41, 5.74) is 5.88. The van der Waals surface area contributed by atoms with Gasteiger partial charge in [0.15, 0.2) is 5.75 Å². The van der Waals surface area contributed by atoms with E-state index in [1.807, 2.05) is 30.3 Å². The number of urea groups is 1. The van der Waals surface area contributed by atoms with Crippen LogP contribution in [0.4, 0.5) is 10.5 Å². The number of carbonyl (C=O) groups excluding carboxylic acids is 2. The van der Waals surface area contributed by atoms with Crippen LogP contribution in [0, 0.1) is 5.92 Å². The maximum atomic E-state index is 12.3. The quantitative estimate of drug-likeness (QED) is 0.504. The molecule has 8 heteroatoms. The topological polar surface area (TPSA) is 96.7 Å². The molecule has 0 atom stereocenters. The number of amides is 3. The van der Waals surface area contributed by atoms with Crippen LogP contribution in [0.1, 0.15) is 25.7 Å². The van der Waals surface area contributed by atoms with E-state index in [4.69, 9.17) is 22.1 Å². The Labute approximate surface area is 187 Å². The molecule has 0 saturated carbocycles. The van der Waals surface area contributed by atoms with Crippen molar-refractivity contribution in [1.29, 1.82) is 0 Å². The standard InChI is InChI=1S/C23H29ClN4O3/c24-18-8-9-21(31-19-6-2-1-3-7-19)20(16-18)27-23(30)26-12-4-5-13-28-14-10-17(11-15-28)22(25)29/h1-3,6-9,16-17H,4-5,10-15H2,(H2,25,29)(H2,26,27,30). The molecular weight excluding hydrogens is 416 g/mol. The van der Waals surface area contributed by atoms with Crippen LogP contribution in [0.5, 0.6) is 11.5 Å². The van der Waals surface area contributed by atoms with Crippen molar-refractivity contribution in [1.82, 2.24) is 10.2 Å². The minimum absolute atomic E-state index is 0.0175. The van der Waals surface area contributed by atoms with Crippen LogP contribution in [-0.2, 0) is 4.79 Å². The largest absolute Gasteiger partial charge is 0.455 e. The number of unbranched alkanes of at least 4 members (excludes halogenated alkanes) is 1. The van der Waals surface area contributed by atoms with E-state index in [0.717, 1.165) is 45.3 Å². The zero-order chi connectivity index (χ0) is 22.1. The predicted octanol–water partition coefficient (Wildman–Crippen LogP) is 4.23. The Morgan fingerprint density at radius 3 is 2.55 bits per heavy atom. The number of likely N-dealkylation sites (tertiary alicyclic amines) is 1. The molecule has 2 aromatic rings. The third-order valence-corrected chi connectivity index (χ3v) is 5.57. The molecule has 1 saturated heterocycles. The lowest BCUT2D eigenvalue weighted by molar-refractivity contribution is -0.123. The summed E-state index contributed by atoms with van der Waals surface area (Å²) in [5, 5.41) is 6.20. The van der Waals surface area contributed by atoms with E-state index >= 15 is 0 Å². The van der Waals surface area contributed by atoms with E-state index in [0.29, 0.717) is 28.8 Å². The second-order valence-electron chi connectivity index (χ2n) is 7.66. The van der Waals surface area contributed by atoms with Gasteiger partial charge in [-0.15, -0.1) is 0 Å². The van der Waals surface area contributed by atoms with Gasteiger partial charge < -0.3 is 26.0 Å². The summed E-state index contributed by atoms with van der Waals surface area (Å²) in [6.07, 6.45) is 3.51. The number of rotatable bonds is 9. The Bertz CT molecular complexity index is 870. The zero-order valence-electron chi connectivity index (χ0n) is 17.5. The second kappa shape index (κ2) is 11.6. The van der Waals surface area contributed by atoms with Crippen LogP contribution in [0.15, 0.2) is 48.5 Å². The minimum atomic E-state index is -0.303. The fraction of sp³-hybridized carbons (Fsp3) is 0.391. The lowest BCUT2D eigenvalue weighted by atomic mass is 9.96. The first-order chi connectivity index (χ1) is 15.0. The molecule has 31 heavy (non-hydrogen) atoms. The number of carbonyl (C=O) groups is 2. The fourth-order valence-corrected chi connectivity index (χ4v) is 3.75. The van der Waals surface area contributed by atoms with Crippen LogP contribution in [-0.4, -0.2) is 43.0 Å². The normalized spacial score (nSPS) is 14.7. The summed E-state index contributed by atoms with van der Waals surface area (Å²) in [7, 11) is 0. The Morgan fingerprint density at radius 1 is 1.10 bits per heavy atom. The van der Waals surface area contributed by atoms with Crippen molar-refractivity contribution < 1.29 is 14.3 Å². The Kier molecular flexibility index (Phi) is 8.55. The van der Waals surface area contributed by atoms with Gasteiger partial charge >= 0.3 is 6.03 Å². The van der Waals surface area contributed by atoms with Crippen molar-refractivity contribution in [3.05, 3.63) is 53.6 Å². The first-order valence-corrected chi connectivity index (χ1v) is 11.0. The van der Waals surface area contributed by atoms with Crippen LogP contribution in [0.2, 0.25) is 5.02 Å². The van der Waals surface area contributed by atoms with Gasteiger partial charge in [0, 0.05) is 17.5 Å². The average Bonchev–Trinajstić information content (AvgIpc) is 2.76. The number of piperidine rings is 1. The number of hydrogen-bond donors (Lipinski definition) is 3. The highest BCUT2D eigenvalue weighted by molar-refractivity contribution is 6.31. The van der Waals surface area contributed by atoms with E-state index < -0.39 is 0 Å². The summed E-state index contributed by atoms with van der Waals surface area (Å²) in [6.45, 7) is 3.33. The molecule has 1 aliphatic rings. The lowest BCUT2D eigenvalue weighted by Gasteiger charge is -2.30. The molecule has 0 spiro atoms. The minimum Gasteiger partial charge on any atom is -0.455 e. The smallest absolute Gasteiger partial charge is 0.319 e. The van der Waals surface area contributed by atoms with Crippen LogP contribution in [0.3, 0.4) is 0 Å². The fourth-order valence-electron chi connectivity index (χ4n) is 3.57. The van der Waals surface area contributed by atoms with Crippen molar-refractivity contribution >= 4 is 29.2 Å². The zero-order valence-corrected chi connectivity index (χ0v) is 18.2. The number of nitrogens with one attached hydrogen (secondary N) is 2. The van der Waals surface area contributed by atoms with Gasteiger partial charge in [0.1, 0.15) is 5.75 Å². The molecule has 1 aliphatic heterocycles. The number of primary amides is 1. The molecule has 0 unspecified atom stereocenters. The molecule has 4 N–H and O–H groups in total. The van der Waals surface area contributed by atoms with Crippen LogP contribution in [0.25, 0.3) is 0 Å². The summed E-state index contributed by atoms with van der Waals surface area (Å²) in [4.78, 5) is 25.9. The second-order valence-corrected chi connectivity index (χ2v) is 8.10. The number of nitrogens with two attached hydrogens (primary N) is 1. The Morgan fingerprint density at radius 2 is 1.84 bits per heavy atom. The van der Waals surface area contributed by atoms with E-state index in [9.17, 15) is 9.59 Å². The molecule has 1 heterocycles. The molecule has 3 amide bonds. The highest BCUT2D eigenvalue weighted by Crippen LogP contribution is 2.31. The molecule has 0 radical (unpaired) electrons. The monoisotopic (exact) mass is 444 g/mol. The molecule has 3 rings (SSSR count). The molecule has 2 aromatic carbocycles. The molecule has 1 fully saturated rings.